The summed E-state index contributed by atoms with van der Waals surface area (Å²) in [6, 6.07) is 3.98. The number of halogens is 2. The van der Waals surface area contributed by atoms with Crippen LogP contribution in [0.3, 0.4) is 0 Å². The van der Waals surface area contributed by atoms with Crippen LogP contribution in [0.4, 0.5) is 4.39 Å². The molecule has 0 spiro atoms. The van der Waals surface area contributed by atoms with Crippen molar-refractivity contribution in [3.8, 4) is 5.75 Å². The Morgan fingerprint density at radius 2 is 2.24 bits per heavy atom. The fraction of sp³-hybridized carbons (Fsp3) is 0.429. The molecule has 1 aromatic rings. The molecule has 21 heavy (non-hydrogen) atoms. The number of nitrogens with zero attached hydrogens (tertiary/aromatic N) is 1. The first-order chi connectivity index (χ1) is 10.0. The summed E-state index contributed by atoms with van der Waals surface area (Å²) in [7, 11) is 1.34. The predicted molar refractivity (Wildman–Crippen MR) is 76.3 cm³/mol. The molecule has 1 aliphatic heterocycles. The number of ether oxygens (including phenoxy) is 2. The summed E-state index contributed by atoms with van der Waals surface area (Å²) in [6.45, 7) is 0.699. The fourth-order valence-corrected chi connectivity index (χ4v) is 2.63. The summed E-state index contributed by atoms with van der Waals surface area (Å²) in [4.78, 5) is 25.0. The largest absolute Gasteiger partial charge is 0.483 e. The molecule has 0 aromatic heterocycles. The zero-order valence-electron chi connectivity index (χ0n) is 11.5. The van der Waals surface area contributed by atoms with E-state index in [2.05, 4.69) is 20.7 Å². The Hall–Kier alpha value is -1.63. The van der Waals surface area contributed by atoms with E-state index in [0.29, 0.717) is 29.7 Å². The average molecular weight is 360 g/mol. The van der Waals surface area contributed by atoms with Gasteiger partial charge < -0.3 is 14.4 Å². The van der Waals surface area contributed by atoms with Crippen LogP contribution in [0.15, 0.2) is 22.7 Å². The van der Waals surface area contributed by atoms with E-state index in [9.17, 15) is 14.0 Å². The molecule has 0 aliphatic carbocycles. The third-order valence-corrected chi connectivity index (χ3v) is 3.94. The van der Waals surface area contributed by atoms with Crippen LogP contribution >= 0.6 is 15.9 Å². The highest BCUT2D eigenvalue weighted by molar-refractivity contribution is 9.10. The van der Waals surface area contributed by atoms with Gasteiger partial charge in [-0.1, -0.05) is 0 Å². The summed E-state index contributed by atoms with van der Waals surface area (Å²) in [5, 5.41) is 0. The SMILES string of the molecule is COC(=O)C1CCN(C(=O)COc2ccc(F)cc2Br)C1. The van der Waals surface area contributed by atoms with Crippen molar-refractivity contribution in [1.82, 2.24) is 4.90 Å². The van der Waals surface area contributed by atoms with Gasteiger partial charge in [0.05, 0.1) is 17.5 Å². The minimum atomic E-state index is -0.388. The molecule has 0 radical (unpaired) electrons. The quantitative estimate of drug-likeness (QED) is 0.771. The summed E-state index contributed by atoms with van der Waals surface area (Å²) < 4.78 is 23.4. The van der Waals surface area contributed by atoms with Gasteiger partial charge in [0.25, 0.3) is 5.91 Å². The molecule has 1 unspecified atom stereocenters. The number of benzene rings is 1. The second-order valence-corrected chi connectivity index (χ2v) is 5.57. The number of amides is 1. The van der Waals surface area contributed by atoms with E-state index in [1.807, 2.05) is 0 Å². The van der Waals surface area contributed by atoms with Gasteiger partial charge in [0, 0.05) is 13.1 Å². The monoisotopic (exact) mass is 359 g/mol. The van der Waals surface area contributed by atoms with Crippen molar-refractivity contribution in [2.45, 2.75) is 6.42 Å². The van der Waals surface area contributed by atoms with Gasteiger partial charge in [-0.3, -0.25) is 9.59 Å². The van der Waals surface area contributed by atoms with Gasteiger partial charge in [-0.05, 0) is 40.5 Å². The van der Waals surface area contributed by atoms with E-state index < -0.39 is 0 Å². The van der Waals surface area contributed by atoms with Gasteiger partial charge in [0.2, 0.25) is 0 Å². The fourth-order valence-electron chi connectivity index (χ4n) is 2.17. The lowest BCUT2D eigenvalue weighted by molar-refractivity contribution is -0.145. The molecule has 1 atom stereocenters. The van der Waals surface area contributed by atoms with Gasteiger partial charge in [0.15, 0.2) is 6.61 Å². The summed E-state index contributed by atoms with van der Waals surface area (Å²) in [5.74, 6) is -0.767. The number of carbonyl (C=O) groups excluding carboxylic acids is 2. The van der Waals surface area contributed by atoms with E-state index in [0.717, 1.165) is 0 Å². The minimum absolute atomic E-state index is 0.155. The van der Waals surface area contributed by atoms with Crippen LogP contribution in [-0.2, 0) is 14.3 Å². The van der Waals surface area contributed by atoms with E-state index in [1.54, 1.807) is 4.90 Å². The molecule has 1 fully saturated rings. The van der Waals surface area contributed by atoms with Crippen LogP contribution < -0.4 is 4.74 Å². The molecule has 1 heterocycles. The maximum atomic E-state index is 12.9. The first kappa shape index (κ1) is 15.8. The highest BCUT2D eigenvalue weighted by Crippen LogP contribution is 2.25. The molecular formula is C14H15BrFNO4. The maximum Gasteiger partial charge on any atom is 0.310 e. The molecule has 0 N–H and O–H groups in total. The molecule has 2 rings (SSSR count). The molecular weight excluding hydrogens is 345 g/mol. The molecule has 1 saturated heterocycles. The Kier molecular flexibility index (Phi) is 5.17. The molecule has 1 amide bonds. The van der Waals surface area contributed by atoms with Crippen LogP contribution in [0.5, 0.6) is 5.75 Å². The lowest BCUT2D eigenvalue weighted by Gasteiger charge is -2.16. The normalized spacial score (nSPS) is 17.7. The highest BCUT2D eigenvalue weighted by Gasteiger charge is 2.31. The van der Waals surface area contributed by atoms with Crippen LogP contribution in [0, 0.1) is 11.7 Å². The van der Waals surface area contributed by atoms with E-state index >= 15 is 0 Å². The van der Waals surface area contributed by atoms with Crippen LogP contribution in [-0.4, -0.2) is 43.6 Å². The number of methoxy groups -OCH3 is 1. The lowest BCUT2D eigenvalue weighted by atomic mass is 10.1. The number of hydrogen-bond donors (Lipinski definition) is 0. The van der Waals surface area contributed by atoms with Crippen molar-refractivity contribution >= 4 is 27.8 Å². The van der Waals surface area contributed by atoms with Gasteiger partial charge in [-0.2, -0.15) is 0 Å². The third-order valence-electron chi connectivity index (χ3n) is 3.32. The van der Waals surface area contributed by atoms with Crippen molar-refractivity contribution < 1.29 is 23.5 Å². The maximum absolute atomic E-state index is 12.9. The molecule has 0 saturated carbocycles. The number of esters is 1. The Labute approximate surface area is 130 Å². The summed E-state index contributed by atoms with van der Waals surface area (Å²) >= 11 is 3.17. The molecule has 1 aliphatic rings. The molecule has 5 nitrogen and oxygen atoms in total. The minimum Gasteiger partial charge on any atom is -0.483 e. The van der Waals surface area contributed by atoms with E-state index in [-0.39, 0.29) is 30.2 Å². The Morgan fingerprint density at radius 1 is 1.48 bits per heavy atom. The molecule has 0 bridgehead atoms. The summed E-state index contributed by atoms with van der Waals surface area (Å²) in [5.41, 5.74) is 0. The van der Waals surface area contributed by atoms with Crippen LogP contribution in [0.1, 0.15) is 6.42 Å². The van der Waals surface area contributed by atoms with Gasteiger partial charge in [-0.25, -0.2) is 4.39 Å². The van der Waals surface area contributed by atoms with Crippen molar-refractivity contribution in [1.29, 1.82) is 0 Å². The number of hydrogen-bond acceptors (Lipinski definition) is 4. The van der Waals surface area contributed by atoms with Gasteiger partial charge in [0.1, 0.15) is 11.6 Å². The Balaban J connectivity index is 1.87. The highest BCUT2D eigenvalue weighted by atomic mass is 79.9. The summed E-state index contributed by atoms with van der Waals surface area (Å²) in [6.07, 6.45) is 0.596. The van der Waals surface area contributed by atoms with Gasteiger partial charge >= 0.3 is 5.97 Å². The lowest BCUT2D eigenvalue weighted by Crippen LogP contribution is -2.34. The third kappa shape index (κ3) is 3.93. The van der Waals surface area contributed by atoms with E-state index in [4.69, 9.17) is 4.74 Å². The number of carbonyl (C=O) groups is 2. The predicted octanol–water partition coefficient (Wildman–Crippen LogP) is 1.99. The van der Waals surface area contributed by atoms with Crippen molar-refractivity contribution in [2.75, 3.05) is 26.8 Å². The first-order valence-electron chi connectivity index (χ1n) is 6.44. The Bertz CT molecular complexity index is 552. The Morgan fingerprint density at radius 3 is 2.90 bits per heavy atom. The zero-order valence-corrected chi connectivity index (χ0v) is 13.1. The number of likely N-dealkylation sites (tertiary alicyclic amines) is 1. The van der Waals surface area contributed by atoms with Crippen molar-refractivity contribution in [3.05, 3.63) is 28.5 Å². The van der Waals surface area contributed by atoms with Crippen molar-refractivity contribution in [3.63, 3.8) is 0 Å². The zero-order chi connectivity index (χ0) is 15.4. The smallest absolute Gasteiger partial charge is 0.310 e. The van der Waals surface area contributed by atoms with Crippen LogP contribution in [0.2, 0.25) is 0 Å². The number of rotatable bonds is 4. The second-order valence-electron chi connectivity index (χ2n) is 4.71. The van der Waals surface area contributed by atoms with Crippen molar-refractivity contribution in [2.24, 2.45) is 5.92 Å². The molecule has 1 aromatic carbocycles. The standard InChI is InChI=1S/C14H15BrFNO4/c1-20-14(19)9-4-5-17(7-9)13(18)8-21-12-3-2-10(16)6-11(12)15/h2-3,6,9H,4-5,7-8H2,1H3. The molecule has 114 valence electrons. The first-order valence-corrected chi connectivity index (χ1v) is 7.24. The second kappa shape index (κ2) is 6.89. The van der Waals surface area contributed by atoms with E-state index in [1.165, 1.54) is 25.3 Å². The topological polar surface area (TPSA) is 55.8 Å². The van der Waals surface area contributed by atoms with Gasteiger partial charge in [-0.15, -0.1) is 0 Å². The van der Waals surface area contributed by atoms with Crippen LogP contribution in [0.25, 0.3) is 0 Å². The average Bonchev–Trinajstić information content (AvgIpc) is 2.95. The molecule has 7 heteroatoms.